The van der Waals surface area contributed by atoms with Crippen molar-refractivity contribution < 1.29 is 4.74 Å². The molecule has 0 unspecified atom stereocenters. The fraction of sp³-hybridized carbons (Fsp3) is 0.217. The zero-order chi connectivity index (χ0) is 20.9. The van der Waals surface area contributed by atoms with Crippen molar-refractivity contribution in [2.45, 2.75) is 26.2 Å². The van der Waals surface area contributed by atoms with Crippen LogP contribution in [0, 0.1) is 0 Å². The molecule has 2 aromatic carbocycles. The molecule has 0 N–H and O–H groups in total. The van der Waals surface area contributed by atoms with E-state index in [0.29, 0.717) is 17.6 Å². The predicted octanol–water partition coefficient (Wildman–Crippen LogP) is 2.83. The normalized spacial score (nSPS) is 11.8. The van der Waals surface area contributed by atoms with Crippen molar-refractivity contribution in [1.29, 1.82) is 0 Å². The van der Waals surface area contributed by atoms with Gasteiger partial charge in [-0.2, -0.15) is 14.6 Å². The summed E-state index contributed by atoms with van der Waals surface area (Å²) in [5.74, 6) is 0.725. The van der Waals surface area contributed by atoms with E-state index in [9.17, 15) is 9.59 Å². The SMILES string of the molecule is CCCCOc1ccccc1/C=c1/sc2nc(=O)c(Cc3ccccc3)nn2c1=O. The van der Waals surface area contributed by atoms with E-state index in [-0.39, 0.29) is 16.2 Å². The van der Waals surface area contributed by atoms with Gasteiger partial charge in [0.25, 0.3) is 11.1 Å². The summed E-state index contributed by atoms with van der Waals surface area (Å²) in [7, 11) is 0. The van der Waals surface area contributed by atoms with Crippen LogP contribution in [-0.4, -0.2) is 21.2 Å². The summed E-state index contributed by atoms with van der Waals surface area (Å²) in [6.45, 7) is 2.73. The van der Waals surface area contributed by atoms with Crippen molar-refractivity contribution in [2.24, 2.45) is 0 Å². The molecule has 0 aliphatic rings. The van der Waals surface area contributed by atoms with E-state index in [4.69, 9.17) is 4.74 Å². The molecule has 4 aromatic rings. The van der Waals surface area contributed by atoms with Crippen LogP contribution in [-0.2, 0) is 6.42 Å². The molecule has 0 saturated carbocycles. The van der Waals surface area contributed by atoms with Gasteiger partial charge in [0.2, 0.25) is 4.96 Å². The van der Waals surface area contributed by atoms with E-state index in [1.165, 1.54) is 4.52 Å². The summed E-state index contributed by atoms with van der Waals surface area (Å²) in [5, 5.41) is 4.30. The third-order valence-corrected chi connectivity index (χ3v) is 5.58. The Labute approximate surface area is 177 Å². The third-order valence-electron chi connectivity index (χ3n) is 4.63. The highest BCUT2D eigenvalue weighted by Gasteiger charge is 2.12. The van der Waals surface area contributed by atoms with Gasteiger partial charge in [-0.25, -0.2) is 0 Å². The van der Waals surface area contributed by atoms with Gasteiger partial charge in [0, 0.05) is 12.0 Å². The highest BCUT2D eigenvalue weighted by Crippen LogP contribution is 2.19. The quantitative estimate of drug-likeness (QED) is 0.431. The molecule has 30 heavy (non-hydrogen) atoms. The molecule has 0 amide bonds. The minimum Gasteiger partial charge on any atom is -0.493 e. The van der Waals surface area contributed by atoms with Gasteiger partial charge < -0.3 is 4.74 Å². The summed E-state index contributed by atoms with van der Waals surface area (Å²) in [4.78, 5) is 29.7. The Kier molecular flexibility index (Phi) is 5.99. The van der Waals surface area contributed by atoms with E-state index in [1.54, 1.807) is 6.08 Å². The van der Waals surface area contributed by atoms with E-state index in [1.807, 2.05) is 54.6 Å². The number of rotatable bonds is 7. The van der Waals surface area contributed by atoms with Crippen molar-refractivity contribution in [1.82, 2.24) is 14.6 Å². The number of aromatic nitrogens is 3. The van der Waals surface area contributed by atoms with Gasteiger partial charge in [-0.15, -0.1) is 0 Å². The molecule has 2 heterocycles. The van der Waals surface area contributed by atoms with E-state index in [2.05, 4.69) is 17.0 Å². The first-order valence-electron chi connectivity index (χ1n) is 9.86. The number of ether oxygens (including phenoxy) is 1. The molecule has 0 fully saturated rings. The Morgan fingerprint density at radius 3 is 2.63 bits per heavy atom. The first kappa shape index (κ1) is 20.0. The Balaban J connectivity index is 1.74. The Bertz CT molecular complexity index is 1330. The molecule has 0 radical (unpaired) electrons. The maximum atomic E-state index is 12.9. The van der Waals surface area contributed by atoms with E-state index in [0.717, 1.165) is 41.1 Å². The summed E-state index contributed by atoms with van der Waals surface area (Å²) in [6.07, 6.45) is 4.11. The van der Waals surface area contributed by atoms with Crippen LogP contribution in [0.1, 0.15) is 36.6 Å². The number of hydrogen-bond acceptors (Lipinski definition) is 6. The van der Waals surface area contributed by atoms with Crippen LogP contribution in [0.5, 0.6) is 5.75 Å². The third kappa shape index (κ3) is 4.31. The van der Waals surface area contributed by atoms with Crippen molar-refractivity contribution in [3.8, 4) is 5.75 Å². The molecule has 0 saturated heterocycles. The smallest absolute Gasteiger partial charge is 0.296 e. The van der Waals surface area contributed by atoms with Gasteiger partial charge in [0.15, 0.2) is 0 Å². The monoisotopic (exact) mass is 419 g/mol. The van der Waals surface area contributed by atoms with Crippen molar-refractivity contribution in [2.75, 3.05) is 6.61 Å². The van der Waals surface area contributed by atoms with Gasteiger partial charge in [0.1, 0.15) is 11.4 Å². The lowest BCUT2D eigenvalue weighted by Gasteiger charge is -2.07. The number of unbranched alkanes of at least 4 members (excludes halogenated alkanes) is 1. The molecule has 4 rings (SSSR count). The molecular weight excluding hydrogens is 398 g/mol. The van der Waals surface area contributed by atoms with Crippen LogP contribution in [0.15, 0.2) is 64.2 Å². The number of fused-ring (bicyclic) bond motifs is 1. The number of benzene rings is 2. The highest BCUT2D eigenvalue weighted by molar-refractivity contribution is 7.15. The van der Waals surface area contributed by atoms with Crippen molar-refractivity contribution in [3.63, 3.8) is 0 Å². The van der Waals surface area contributed by atoms with Crippen LogP contribution in [0.25, 0.3) is 11.0 Å². The molecule has 0 aliphatic carbocycles. The van der Waals surface area contributed by atoms with Crippen LogP contribution < -0.4 is 20.4 Å². The lowest BCUT2D eigenvalue weighted by molar-refractivity contribution is 0.309. The summed E-state index contributed by atoms with van der Waals surface area (Å²) in [5.41, 5.74) is 1.31. The lowest BCUT2D eigenvalue weighted by Crippen LogP contribution is -2.28. The number of thiazole rings is 1. The van der Waals surface area contributed by atoms with Gasteiger partial charge in [-0.1, -0.05) is 73.2 Å². The fourth-order valence-electron chi connectivity index (χ4n) is 3.04. The van der Waals surface area contributed by atoms with Gasteiger partial charge in [-0.05, 0) is 24.1 Å². The molecule has 7 heteroatoms. The lowest BCUT2D eigenvalue weighted by atomic mass is 10.1. The molecule has 0 aliphatic heterocycles. The standard InChI is InChI=1S/C23H21N3O3S/c1-2-3-13-29-19-12-8-7-11-17(19)15-20-22(28)26-23(30-20)24-21(27)18(25-26)14-16-9-5-4-6-10-16/h4-12,15H,2-3,13-14H2,1H3/b20-15+. The second-order valence-corrected chi connectivity index (χ2v) is 7.89. The molecule has 0 spiro atoms. The second-order valence-electron chi connectivity index (χ2n) is 6.88. The van der Waals surface area contributed by atoms with E-state index < -0.39 is 5.56 Å². The largest absolute Gasteiger partial charge is 0.493 e. The van der Waals surface area contributed by atoms with Crippen molar-refractivity contribution in [3.05, 3.63) is 96.7 Å². The Morgan fingerprint density at radius 1 is 1.07 bits per heavy atom. The molecular formula is C23H21N3O3S. The second kappa shape index (κ2) is 9.00. The fourth-order valence-corrected chi connectivity index (χ4v) is 3.94. The predicted molar refractivity (Wildman–Crippen MR) is 118 cm³/mol. The maximum Gasteiger partial charge on any atom is 0.296 e. The minimum atomic E-state index is -0.407. The van der Waals surface area contributed by atoms with Gasteiger partial charge in [0.05, 0.1) is 11.1 Å². The summed E-state index contributed by atoms with van der Waals surface area (Å²) < 4.78 is 7.53. The van der Waals surface area contributed by atoms with Crippen LogP contribution in [0.3, 0.4) is 0 Å². The first-order chi connectivity index (χ1) is 14.7. The molecule has 0 atom stereocenters. The average molecular weight is 420 g/mol. The minimum absolute atomic E-state index is 0.253. The van der Waals surface area contributed by atoms with Crippen LogP contribution in [0.4, 0.5) is 0 Å². The average Bonchev–Trinajstić information content (AvgIpc) is 3.05. The Hall–Kier alpha value is -3.32. The maximum absolute atomic E-state index is 12.9. The van der Waals surface area contributed by atoms with E-state index >= 15 is 0 Å². The zero-order valence-corrected chi connectivity index (χ0v) is 17.4. The first-order valence-corrected chi connectivity index (χ1v) is 10.7. The molecule has 2 aromatic heterocycles. The number of nitrogens with zero attached hydrogens (tertiary/aromatic N) is 3. The molecule has 0 bridgehead atoms. The summed E-state index contributed by atoms with van der Waals surface area (Å²) >= 11 is 1.15. The number of para-hydroxylation sites is 1. The topological polar surface area (TPSA) is 73.6 Å². The number of hydrogen-bond donors (Lipinski definition) is 0. The highest BCUT2D eigenvalue weighted by atomic mass is 32.1. The van der Waals surface area contributed by atoms with Crippen molar-refractivity contribution >= 4 is 22.4 Å². The molecule has 6 nitrogen and oxygen atoms in total. The van der Waals surface area contributed by atoms with Gasteiger partial charge in [-0.3, -0.25) is 9.59 Å². The van der Waals surface area contributed by atoms with Gasteiger partial charge >= 0.3 is 0 Å². The molecule has 152 valence electrons. The zero-order valence-electron chi connectivity index (χ0n) is 16.6. The summed E-state index contributed by atoms with van der Waals surface area (Å²) in [6, 6.07) is 17.1. The van der Waals surface area contributed by atoms with Crippen LogP contribution >= 0.6 is 11.3 Å². The van der Waals surface area contributed by atoms with Crippen LogP contribution in [0.2, 0.25) is 0 Å². The Morgan fingerprint density at radius 2 is 1.83 bits per heavy atom.